The molecule has 4 rings (SSSR count). The van der Waals surface area contributed by atoms with E-state index in [-0.39, 0.29) is 5.91 Å². The monoisotopic (exact) mass is 428 g/mol. The van der Waals surface area contributed by atoms with Crippen LogP contribution in [-0.4, -0.2) is 29.1 Å². The molecule has 0 unspecified atom stereocenters. The fourth-order valence-corrected chi connectivity index (χ4v) is 3.27. The molecule has 1 aliphatic heterocycles. The lowest BCUT2D eigenvalue weighted by atomic mass is 10.1. The molecule has 0 aliphatic carbocycles. The Morgan fingerprint density at radius 2 is 1.84 bits per heavy atom. The topological polar surface area (TPSA) is 85.4 Å². The number of anilines is 3. The van der Waals surface area contributed by atoms with Gasteiger partial charge in [0.2, 0.25) is 11.9 Å². The minimum Gasteiger partial charge on any atom is -0.373 e. The van der Waals surface area contributed by atoms with Crippen molar-refractivity contribution in [2.24, 2.45) is 0 Å². The molecule has 0 spiro atoms. The van der Waals surface area contributed by atoms with Gasteiger partial charge in [-0.15, -0.1) is 0 Å². The predicted octanol–water partition coefficient (Wildman–Crippen LogP) is 4.61. The number of ether oxygens (including phenoxy) is 2. The highest BCUT2D eigenvalue weighted by Crippen LogP contribution is 2.24. The number of benzene rings is 2. The van der Waals surface area contributed by atoms with E-state index in [1.807, 2.05) is 54.6 Å². The van der Waals surface area contributed by atoms with Crippen molar-refractivity contribution >= 4 is 23.2 Å². The lowest BCUT2D eigenvalue weighted by molar-refractivity contribution is -0.111. The molecule has 1 amide bonds. The largest absolute Gasteiger partial charge is 0.373 e. The van der Waals surface area contributed by atoms with Crippen molar-refractivity contribution in [2.45, 2.75) is 13.2 Å². The van der Waals surface area contributed by atoms with Crippen LogP contribution in [0, 0.1) is 0 Å². The number of amides is 1. The molecule has 0 saturated heterocycles. The Hall–Kier alpha value is -3.81. The van der Waals surface area contributed by atoms with Crippen molar-refractivity contribution in [3.63, 3.8) is 0 Å². The number of hydrogen-bond donors (Lipinski definition) is 2. The number of hydrogen-bond acceptors (Lipinski definition) is 6. The Morgan fingerprint density at radius 1 is 1.03 bits per heavy atom. The second-order valence-electron chi connectivity index (χ2n) is 7.20. The summed E-state index contributed by atoms with van der Waals surface area (Å²) >= 11 is 0. The summed E-state index contributed by atoms with van der Waals surface area (Å²) in [6, 6.07) is 15.6. The Bertz CT molecular complexity index is 1140. The average molecular weight is 428 g/mol. The number of aromatic nitrogens is 2. The standard InChI is InChI=1S/C25H24N4O3/c1-2-24(30)27-21-13-19-14-22(15-21)28-25-26-9-8-23(29-25)20-7-5-6-18(12-20)16-31-10-3-4-11-32-17-19/h2-9,12-15H,1,10-11,16-17H2,(H,27,30)(H,26,28,29)/b4-3+. The molecule has 0 saturated carbocycles. The number of carbonyl (C=O) groups excluding carboxylic acids is 1. The third-order valence-corrected chi connectivity index (χ3v) is 4.71. The fraction of sp³-hybridized carbons (Fsp3) is 0.160. The molecule has 162 valence electrons. The van der Waals surface area contributed by atoms with Crippen molar-refractivity contribution in [1.29, 1.82) is 0 Å². The van der Waals surface area contributed by atoms with Gasteiger partial charge < -0.3 is 20.1 Å². The van der Waals surface area contributed by atoms with Gasteiger partial charge >= 0.3 is 0 Å². The molecule has 2 aromatic carbocycles. The van der Waals surface area contributed by atoms with Gasteiger partial charge in [0.1, 0.15) is 0 Å². The summed E-state index contributed by atoms with van der Waals surface area (Å²) in [5.41, 5.74) is 5.10. The van der Waals surface area contributed by atoms with Crippen LogP contribution < -0.4 is 10.6 Å². The first kappa shape index (κ1) is 21.4. The van der Waals surface area contributed by atoms with Gasteiger partial charge in [-0.2, -0.15) is 0 Å². The van der Waals surface area contributed by atoms with Crippen LogP contribution in [0.15, 0.2) is 79.5 Å². The van der Waals surface area contributed by atoms with Crippen molar-refractivity contribution < 1.29 is 14.3 Å². The van der Waals surface area contributed by atoms with Crippen LogP contribution in [0.1, 0.15) is 11.1 Å². The van der Waals surface area contributed by atoms with Crippen LogP contribution in [0.3, 0.4) is 0 Å². The summed E-state index contributed by atoms with van der Waals surface area (Å²) in [5, 5.41) is 6.03. The average Bonchev–Trinajstić information content (AvgIpc) is 2.80. The van der Waals surface area contributed by atoms with Crippen molar-refractivity contribution in [1.82, 2.24) is 9.97 Å². The van der Waals surface area contributed by atoms with Crippen LogP contribution >= 0.6 is 0 Å². The van der Waals surface area contributed by atoms with Crippen LogP contribution in [0.2, 0.25) is 0 Å². The highest BCUT2D eigenvalue weighted by molar-refractivity contribution is 5.99. The molecule has 7 nitrogen and oxygen atoms in total. The zero-order chi connectivity index (χ0) is 22.2. The Morgan fingerprint density at radius 3 is 2.66 bits per heavy atom. The molecule has 0 radical (unpaired) electrons. The van der Waals surface area contributed by atoms with Crippen LogP contribution in [-0.2, 0) is 27.5 Å². The highest BCUT2D eigenvalue weighted by Gasteiger charge is 2.08. The van der Waals surface area contributed by atoms with E-state index in [9.17, 15) is 4.79 Å². The summed E-state index contributed by atoms with van der Waals surface area (Å²) in [6.45, 7) is 5.35. The summed E-state index contributed by atoms with van der Waals surface area (Å²) in [5.74, 6) is 0.164. The second-order valence-corrected chi connectivity index (χ2v) is 7.20. The van der Waals surface area contributed by atoms with Gasteiger partial charge in [-0.05, 0) is 47.5 Å². The first-order chi connectivity index (χ1) is 15.7. The van der Waals surface area contributed by atoms with Crippen molar-refractivity contribution in [3.8, 4) is 11.3 Å². The van der Waals surface area contributed by atoms with E-state index in [0.717, 1.165) is 28.1 Å². The normalized spacial score (nSPS) is 14.9. The Balaban J connectivity index is 1.69. The molecule has 2 N–H and O–H groups in total. The third-order valence-electron chi connectivity index (χ3n) is 4.71. The van der Waals surface area contributed by atoms with E-state index in [2.05, 4.69) is 33.2 Å². The number of rotatable bonds is 2. The van der Waals surface area contributed by atoms with Gasteiger partial charge in [0.15, 0.2) is 0 Å². The van der Waals surface area contributed by atoms with Crippen LogP contribution in [0.4, 0.5) is 17.3 Å². The predicted molar refractivity (Wildman–Crippen MR) is 124 cm³/mol. The zero-order valence-corrected chi connectivity index (χ0v) is 17.6. The molecule has 7 heteroatoms. The van der Waals surface area contributed by atoms with Gasteiger partial charge in [0.05, 0.1) is 32.1 Å². The van der Waals surface area contributed by atoms with Crippen LogP contribution in [0.5, 0.6) is 0 Å². The van der Waals surface area contributed by atoms with E-state index in [1.165, 1.54) is 6.08 Å². The minimum absolute atomic E-state index is 0.287. The minimum atomic E-state index is -0.287. The van der Waals surface area contributed by atoms with E-state index in [0.29, 0.717) is 38.1 Å². The molecule has 0 fully saturated rings. The van der Waals surface area contributed by atoms with Crippen LogP contribution in [0.25, 0.3) is 11.3 Å². The third kappa shape index (κ3) is 5.87. The van der Waals surface area contributed by atoms with Gasteiger partial charge in [-0.25, -0.2) is 9.97 Å². The van der Waals surface area contributed by atoms with E-state index >= 15 is 0 Å². The van der Waals surface area contributed by atoms with E-state index < -0.39 is 0 Å². The summed E-state index contributed by atoms with van der Waals surface area (Å²) in [7, 11) is 0. The smallest absolute Gasteiger partial charge is 0.247 e. The maximum absolute atomic E-state index is 11.8. The number of nitrogens with one attached hydrogen (secondary N) is 2. The van der Waals surface area contributed by atoms with E-state index in [4.69, 9.17) is 9.47 Å². The zero-order valence-electron chi connectivity index (χ0n) is 17.6. The second kappa shape index (κ2) is 10.5. The van der Waals surface area contributed by atoms with Crippen molar-refractivity contribution in [3.05, 3.63) is 90.7 Å². The van der Waals surface area contributed by atoms with Gasteiger partial charge in [0.25, 0.3) is 0 Å². The van der Waals surface area contributed by atoms with Gasteiger partial charge in [-0.1, -0.05) is 36.9 Å². The highest BCUT2D eigenvalue weighted by atomic mass is 16.5. The maximum atomic E-state index is 11.8. The molecule has 3 aromatic rings. The molecule has 32 heavy (non-hydrogen) atoms. The summed E-state index contributed by atoms with van der Waals surface area (Å²) < 4.78 is 11.5. The first-order valence-corrected chi connectivity index (χ1v) is 10.3. The van der Waals surface area contributed by atoms with Gasteiger partial charge in [0, 0.05) is 23.1 Å². The lowest BCUT2D eigenvalue weighted by Crippen LogP contribution is -2.08. The molecule has 2 heterocycles. The SMILES string of the molecule is C=CC(=O)Nc1cc2cc(c1)Nc1nccc(n1)-c1cccc(c1)COC/C=C/COC2. The molecular weight excluding hydrogens is 404 g/mol. The fourth-order valence-electron chi connectivity index (χ4n) is 3.27. The Labute approximate surface area is 186 Å². The number of fused-ring (bicyclic) bond motifs is 7. The summed E-state index contributed by atoms with van der Waals surface area (Å²) in [6.07, 6.45) is 6.82. The molecule has 1 aliphatic rings. The first-order valence-electron chi connectivity index (χ1n) is 10.3. The maximum Gasteiger partial charge on any atom is 0.247 e. The quantitative estimate of drug-likeness (QED) is 0.458. The number of carbonyl (C=O) groups is 1. The lowest BCUT2D eigenvalue weighted by Gasteiger charge is -2.12. The van der Waals surface area contributed by atoms with E-state index in [1.54, 1.807) is 6.20 Å². The Kier molecular flexibility index (Phi) is 7.01. The molecule has 1 aromatic heterocycles. The molecular formula is C25H24N4O3. The number of nitrogens with zero attached hydrogens (tertiary/aromatic N) is 2. The summed E-state index contributed by atoms with van der Waals surface area (Å²) in [4.78, 5) is 20.8. The molecule has 6 bridgehead atoms. The van der Waals surface area contributed by atoms with Gasteiger partial charge in [-0.3, -0.25) is 4.79 Å². The van der Waals surface area contributed by atoms with Crippen molar-refractivity contribution in [2.75, 3.05) is 23.8 Å². The molecule has 0 atom stereocenters.